The minimum Gasteiger partial charge on any atom is -0.348 e. The summed E-state index contributed by atoms with van der Waals surface area (Å²) in [6.45, 7) is 0. The molecule has 0 spiro atoms. The summed E-state index contributed by atoms with van der Waals surface area (Å²) in [5.41, 5.74) is 3.17. The summed E-state index contributed by atoms with van der Waals surface area (Å²) in [6.07, 6.45) is 3.96. The molecule has 5 heteroatoms. The van der Waals surface area contributed by atoms with E-state index in [-0.39, 0.29) is 11.8 Å². The molecule has 20 heavy (non-hydrogen) atoms. The number of aromatic nitrogens is 2. The highest BCUT2D eigenvalue weighted by molar-refractivity contribution is 5.94. The number of benzene rings is 1. The van der Waals surface area contributed by atoms with Gasteiger partial charge in [0, 0.05) is 18.0 Å². The molecular formula is C15H14N4O. The lowest BCUT2D eigenvalue weighted by atomic mass is 9.89. The van der Waals surface area contributed by atoms with Crippen LogP contribution in [0.25, 0.3) is 0 Å². The average molecular weight is 266 g/mol. The van der Waals surface area contributed by atoms with E-state index in [1.54, 1.807) is 24.5 Å². The number of imidazole rings is 1. The van der Waals surface area contributed by atoms with E-state index in [2.05, 4.69) is 21.4 Å². The fourth-order valence-corrected chi connectivity index (χ4v) is 2.55. The first-order valence-electron chi connectivity index (χ1n) is 6.59. The first-order valence-corrected chi connectivity index (χ1v) is 6.59. The number of aryl methyl sites for hydroxylation is 1. The normalized spacial score (nSPS) is 17.1. The number of H-pyrrole nitrogens is 1. The fourth-order valence-electron chi connectivity index (χ4n) is 2.55. The maximum Gasteiger partial charge on any atom is 0.227 e. The number of nitrogens with zero attached hydrogens (tertiary/aromatic N) is 2. The monoisotopic (exact) mass is 266 g/mol. The van der Waals surface area contributed by atoms with Gasteiger partial charge in [0.25, 0.3) is 0 Å². The number of hydrogen-bond donors (Lipinski definition) is 2. The highest BCUT2D eigenvalue weighted by Gasteiger charge is 2.26. The summed E-state index contributed by atoms with van der Waals surface area (Å²) in [4.78, 5) is 19.6. The fraction of sp³-hybridized carbons (Fsp3) is 0.267. The Hall–Kier alpha value is -2.61. The van der Waals surface area contributed by atoms with Crippen LogP contribution in [0.4, 0.5) is 5.69 Å². The van der Waals surface area contributed by atoms with Crippen LogP contribution < -0.4 is 5.32 Å². The second-order valence-electron chi connectivity index (χ2n) is 4.91. The number of nitrogens with one attached hydrogen (secondary N) is 2. The number of fused-ring (bicyclic) bond motifs is 1. The number of aromatic amines is 1. The van der Waals surface area contributed by atoms with Crippen molar-refractivity contribution in [2.45, 2.75) is 19.3 Å². The summed E-state index contributed by atoms with van der Waals surface area (Å²) in [6, 6.07) is 9.13. The van der Waals surface area contributed by atoms with E-state index in [4.69, 9.17) is 5.26 Å². The maximum atomic E-state index is 12.3. The molecule has 0 aliphatic heterocycles. The Balaban J connectivity index is 1.73. The van der Waals surface area contributed by atoms with Gasteiger partial charge in [-0.3, -0.25) is 4.79 Å². The molecule has 2 N–H and O–H groups in total. The molecule has 5 nitrogen and oxygen atoms in total. The SMILES string of the molecule is N#Cc1ccccc1NC(=O)C1CCc2nc[nH]c2C1. The van der Waals surface area contributed by atoms with E-state index >= 15 is 0 Å². The van der Waals surface area contributed by atoms with Crippen molar-refractivity contribution in [3.8, 4) is 6.07 Å². The Morgan fingerprint density at radius 3 is 3.15 bits per heavy atom. The lowest BCUT2D eigenvalue weighted by Gasteiger charge is -2.20. The number of carbonyl (C=O) groups excluding carboxylic acids is 1. The van der Waals surface area contributed by atoms with Crippen LogP contribution in [0.2, 0.25) is 0 Å². The smallest absolute Gasteiger partial charge is 0.227 e. The van der Waals surface area contributed by atoms with Gasteiger partial charge in [0.1, 0.15) is 6.07 Å². The first kappa shape index (κ1) is 12.4. The van der Waals surface area contributed by atoms with E-state index in [1.165, 1.54) is 0 Å². The third kappa shape index (κ3) is 2.28. The summed E-state index contributed by atoms with van der Waals surface area (Å²) < 4.78 is 0. The molecule has 1 unspecified atom stereocenters. The second kappa shape index (κ2) is 5.17. The molecule has 0 radical (unpaired) electrons. The van der Waals surface area contributed by atoms with Gasteiger partial charge in [0.15, 0.2) is 0 Å². The van der Waals surface area contributed by atoms with Crippen LogP contribution in [-0.4, -0.2) is 15.9 Å². The van der Waals surface area contributed by atoms with Gasteiger partial charge in [0.2, 0.25) is 5.91 Å². The van der Waals surface area contributed by atoms with Crippen molar-refractivity contribution < 1.29 is 4.79 Å². The van der Waals surface area contributed by atoms with Crippen LogP contribution >= 0.6 is 0 Å². The molecule has 1 aromatic carbocycles. The second-order valence-corrected chi connectivity index (χ2v) is 4.91. The molecule has 1 aliphatic carbocycles. The third-order valence-electron chi connectivity index (χ3n) is 3.66. The standard InChI is InChI=1S/C15H14N4O/c16-8-11-3-1-2-4-12(11)19-15(20)10-5-6-13-14(7-10)18-9-17-13/h1-4,9-10H,5-7H2,(H,17,18)(H,19,20). The zero-order valence-corrected chi connectivity index (χ0v) is 10.9. The van der Waals surface area contributed by atoms with E-state index in [9.17, 15) is 4.79 Å². The Morgan fingerprint density at radius 2 is 2.30 bits per heavy atom. The highest BCUT2D eigenvalue weighted by atomic mass is 16.1. The van der Waals surface area contributed by atoms with Gasteiger partial charge in [-0.15, -0.1) is 0 Å². The van der Waals surface area contributed by atoms with Crippen LogP contribution in [0.1, 0.15) is 23.4 Å². The van der Waals surface area contributed by atoms with Crippen molar-refractivity contribution in [3.63, 3.8) is 0 Å². The number of amides is 1. The number of rotatable bonds is 2. The van der Waals surface area contributed by atoms with Gasteiger partial charge in [-0.05, 0) is 25.0 Å². The molecule has 3 rings (SSSR count). The van der Waals surface area contributed by atoms with Gasteiger partial charge in [-0.25, -0.2) is 4.98 Å². The van der Waals surface area contributed by atoms with Crippen molar-refractivity contribution in [2.75, 3.05) is 5.32 Å². The molecule has 0 saturated carbocycles. The summed E-state index contributed by atoms with van der Waals surface area (Å²) in [5, 5.41) is 11.9. The van der Waals surface area contributed by atoms with Crippen molar-refractivity contribution >= 4 is 11.6 Å². The predicted octanol–water partition coefficient (Wildman–Crippen LogP) is 2.02. The van der Waals surface area contributed by atoms with E-state index < -0.39 is 0 Å². The minimum atomic E-state index is -0.0744. The van der Waals surface area contributed by atoms with Gasteiger partial charge in [-0.2, -0.15) is 5.26 Å². The molecule has 2 aromatic rings. The molecular weight excluding hydrogens is 252 g/mol. The molecule has 100 valence electrons. The van der Waals surface area contributed by atoms with Crippen LogP contribution in [-0.2, 0) is 17.6 Å². The average Bonchev–Trinajstić information content (AvgIpc) is 2.95. The van der Waals surface area contributed by atoms with Gasteiger partial charge in [0.05, 0.1) is 23.3 Å². The van der Waals surface area contributed by atoms with E-state index in [1.807, 2.05) is 6.07 Å². The predicted molar refractivity (Wildman–Crippen MR) is 73.9 cm³/mol. The topological polar surface area (TPSA) is 81.6 Å². The zero-order chi connectivity index (χ0) is 13.9. The highest BCUT2D eigenvalue weighted by Crippen LogP contribution is 2.24. The largest absolute Gasteiger partial charge is 0.348 e. The van der Waals surface area contributed by atoms with Crippen LogP contribution in [0, 0.1) is 17.2 Å². The number of anilines is 1. The Kier molecular flexibility index (Phi) is 3.21. The molecule has 1 amide bonds. The molecule has 0 bridgehead atoms. The third-order valence-corrected chi connectivity index (χ3v) is 3.66. The van der Waals surface area contributed by atoms with Crippen LogP contribution in [0.5, 0.6) is 0 Å². The van der Waals surface area contributed by atoms with Crippen molar-refractivity contribution in [3.05, 3.63) is 47.5 Å². The van der Waals surface area contributed by atoms with Crippen molar-refractivity contribution in [1.29, 1.82) is 5.26 Å². The van der Waals surface area contributed by atoms with E-state index in [0.29, 0.717) is 17.7 Å². The lowest BCUT2D eigenvalue weighted by Crippen LogP contribution is -2.28. The van der Waals surface area contributed by atoms with Crippen LogP contribution in [0.15, 0.2) is 30.6 Å². The molecule has 0 fully saturated rings. The molecule has 1 aromatic heterocycles. The Bertz CT molecular complexity index is 683. The number of carbonyl (C=O) groups is 1. The Morgan fingerprint density at radius 1 is 1.45 bits per heavy atom. The number of hydrogen-bond acceptors (Lipinski definition) is 3. The van der Waals surface area contributed by atoms with Crippen molar-refractivity contribution in [1.82, 2.24) is 9.97 Å². The minimum absolute atomic E-state index is 0.0343. The molecule has 1 atom stereocenters. The van der Waals surface area contributed by atoms with Gasteiger partial charge in [-0.1, -0.05) is 12.1 Å². The van der Waals surface area contributed by atoms with Crippen molar-refractivity contribution in [2.24, 2.45) is 5.92 Å². The zero-order valence-electron chi connectivity index (χ0n) is 10.9. The lowest BCUT2D eigenvalue weighted by molar-refractivity contribution is -0.120. The summed E-state index contributed by atoms with van der Waals surface area (Å²) >= 11 is 0. The van der Waals surface area contributed by atoms with Gasteiger partial charge >= 0.3 is 0 Å². The number of nitriles is 1. The maximum absolute atomic E-state index is 12.3. The molecule has 1 heterocycles. The summed E-state index contributed by atoms with van der Waals surface area (Å²) in [7, 11) is 0. The van der Waals surface area contributed by atoms with Crippen LogP contribution in [0.3, 0.4) is 0 Å². The Labute approximate surface area is 116 Å². The molecule has 1 aliphatic rings. The number of para-hydroxylation sites is 1. The molecule has 0 saturated heterocycles. The first-order chi connectivity index (χ1) is 9.78. The summed E-state index contributed by atoms with van der Waals surface area (Å²) in [5.74, 6) is -0.109. The quantitative estimate of drug-likeness (QED) is 0.872. The van der Waals surface area contributed by atoms with E-state index in [0.717, 1.165) is 24.2 Å². The van der Waals surface area contributed by atoms with Gasteiger partial charge < -0.3 is 10.3 Å².